The molecule has 0 spiro atoms. The maximum absolute atomic E-state index is 11.5. The van der Waals surface area contributed by atoms with Crippen LogP contribution in [0, 0.1) is 0 Å². The van der Waals surface area contributed by atoms with Crippen LogP contribution in [0.2, 0.25) is 0 Å². The number of benzene rings is 1. The van der Waals surface area contributed by atoms with Crippen LogP contribution >= 0.6 is 0 Å². The molecular weight excluding hydrogens is 222 g/mol. The van der Waals surface area contributed by atoms with Gasteiger partial charge in [0.25, 0.3) is 0 Å². The first-order valence-corrected chi connectivity index (χ1v) is 6.87. The van der Waals surface area contributed by atoms with Crippen LogP contribution in [0.15, 0.2) is 24.3 Å². The molecule has 0 unspecified atom stereocenters. The Bertz CT molecular complexity index is 426. The number of aryl methyl sites for hydroxylation is 1. The highest BCUT2D eigenvalue weighted by molar-refractivity contribution is 5.79. The lowest BCUT2D eigenvalue weighted by Gasteiger charge is -2.44. The smallest absolute Gasteiger partial charge is 0.133 e. The van der Waals surface area contributed by atoms with Crippen molar-refractivity contribution in [2.75, 3.05) is 14.1 Å². The first-order chi connectivity index (χ1) is 8.60. The molecule has 0 bridgehead atoms. The molecule has 1 aromatic rings. The summed E-state index contributed by atoms with van der Waals surface area (Å²) < 4.78 is 0. The Kier molecular flexibility index (Phi) is 3.86. The predicted molar refractivity (Wildman–Crippen MR) is 74.7 cm³/mol. The third-order valence-electron chi connectivity index (χ3n) is 4.39. The van der Waals surface area contributed by atoms with Gasteiger partial charge in [-0.15, -0.1) is 0 Å². The molecule has 1 aliphatic rings. The van der Waals surface area contributed by atoms with Crippen molar-refractivity contribution in [3.63, 3.8) is 0 Å². The number of hydrogen-bond donors (Lipinski definition) is 0. The van der Waals surface area contributed by atoms with Crippen molar-refractivity contribution in [3.05, 3.63) is 35.4 Å². The van der Waals surface area contributed by atoms with Crippen LogP contribution in [0.1, 0.15) is 43.7 Å². The summed E-state index contributed by atoms with van der Waals surface area (Å²) in [6.07, 6.45) is 4.40. The molecule has 0 amide bonds. The van der Waals surface area contributed by atoms with Gasteiger partial charge >= 0.3 is 0 Å². The van der Waals surface area contributed by atoms with Gasteiger partial charge in [-0.25, -0.2) is 0 Å². The summed E-state index contributed by atoms with van der Waals surface area (Å²) in [4.78, 5) is 13.9. The molecule has 0 N–H and O–H groups in total. The Labute approximate surface area is 110 Å². The van der Waals surface area contributed by atoms with E-state index in [-0.39, 0.29) is 5.54 Å². The number of rotatable bonds is 3. The summed E-state index contributed by atoms with van der Waals surface area (Å²) in [6.45, 7) is 2.20. The molecule has 18 heavy (non-hydrogen) atoms. The van der Waals surface area contributed by atoms with E-state index in [1.54, 1.807) is 0 Å². The van der Waals surface area contributed by atoms with Crippen LogP contribution < -0.4 is 0 Å². The van der Waals surface area contributed by atoms with Crippen molar-refractivity contribution in [1.82, 2.24) is 4.90 Å². The highest BCUT2D eigenvalue weighted by Crippen LogP contribution is 2.41. The van der Waals surface area contributed by atoms with Gasteiger partial charge in [0.15, 0.2) is 0 Å². The lowest BCUT2D eigenvalue weighted by atomic mass is 9.73. The molecule has 0 heterocycles. The standard InChI is InChI=1S/C16H23NO/c1-4-13-7-5-6-8-15(13)16(17(2)3)11-9-14(18)10-12-16/h5-8H,4,9-12H2,1-3H3. The molecule has 98 valence electrons. The molecule has 2 rings (SSSR count). The lowest BCUT2D eigenvalue weighted by Crippen LogP contribution is -2.45. The molecule has 1 aromatic carbocycles. The number of hydrogen-bond acceptors (Lipinski definition) is 2. The van der Waals surface area contributed by atoms with E-state index in [1.165, 1.54) is 11.1 Å². The summed E-state index contributed by atoms with van der Waals surface area (Å²) in [7, 11) is 4.28. The highest BCUT2D eigenvalue weighted by atomic mass is 16.1. The Hall–Kier alpha value is -1.15. The number of carbonyl (C=O) groups is 1. The topological polar surface area (TPSA) is 20.3 Å². The number of ketones is 1. The zero-order valence-corrected chi connectivity index (χ0v) is 11.7. The van der Waals surface area contributed by atoms with E-state index in [2.05, 4.69) is 50.2 Å². The van der Waals surface area contributed by atoms with Crippen LogP contribution in [0.25, 0.3) is 0 Å². The van der Waals surface area contributed by atoms with Crippen molar-refractivity contribution < 1.29 is 4.79 Å². The van der Waals surface area contributed by atoms with E-state index in [0.29, 0.717) is 5.78 Å². The maximum atomic E-state index is 11.5. The van der Waals surface area contributed by atoms with E-state index in [1.807, 2.05) is 0 Å². The normalized spacial score (nSPS) is 19.2. The Morgan fingerprint density at radius 1 is 1.17 bits per heavy atom. The summed E-state index contributed by atoms with van der Waals surface area (Å²) in [5, 5.41) is 0. The van der Waals surface area contributed by atoms with Crippen LogP contribution in [-0.4, -0.2) is 24.8 Å². The molecule has 0 aliphatic heterocycles. The third kappa shape index (κ3) is 2.22. The molecular formula is C16H23NO. The second-order valence-electron chi connectivity index (χ2n) is 5.48. The molecule has 0 atom stereocenters. The largest absolute Gasteiger partial charge is 0.300 e. The molecule has 1 fully saturated rings. The van der Waals surface area contributed by atoms with Gasteiger partial charge in [0.2, 0.25) is 0 Å². The van der Waals surface area contributed by atoms with E-state index < -0.39 is 0 Å². The zero-order chi connectivity index (χ0) is 13.2. The van der Waals surface area contributed by atoms with Crippen molar-refractivity contribution in [2.24, 2.45) is 0 Å². The van der Waals surface area contributed by atoms with Gasteiger partial charge in [-0.2, -0.15) is 0 Å². The zero-order valence-electron chi connectivity index (χ0n) is 11.7. The monoisotopic (exact) mass is 245 g/mol. The van der Waals surface area contributed by atoms with Crippen molar-refractivity contribution >= 4 is 5.78 Å². The summed E-state index contributed by atoms with van der Waals surface area (Å²) in [6, 6.07) is 8.70. The molecule has 1 aliphatic carbocycles. The minimum Gasteiger partial charge on any atom is -0.300 e. The van der Waals surface area contributed by atoms with Crippen molar-refractivity contribution in [3.8, 4) is 0 Å². The highest BCUT2D eigenvalue weighted by Gasteiger charge is 2.39. The van der Waals surface area contributed by atoms with Crippen molar-refractivity contribution in [2.45, 2.75) is 44.6 Å². The molecule has 0 radical (unpaired) electrons. The van der Waals surface area contributed by atoms with Gasteiger partial charge in [-0.05, 0) is 44.5 Å². The van der Waals surface area contributed by atoms with E-state index in [9.17, 15) is 4.79 Å². The predicted octanol–water partition coefficient (Wildman–Crippen LogP) is 3.15. The quantitative estimate of drug-likeness (QED) is 0.815. The third-order valence-corrected chi connectivity index (χ3v) is 4.39. The van der Waals surface area contributed by atoms with Gasteiger partial charge < -0.3 is 0 Å². The van der Waals surface area contributed by atoms with Crippen molar-refractivity contribution in [1.29, 1.82) is 0 Å². The number of nitrogens with zero attached hydrogens (tertiary/aromatic N) is 1. The van der Waals surface area contributed by atoms with Crippen LogP contribution in [0.4, 0.5) is 0 Å². The Morgan fingerprint density at radius 3 is 2.33 bits per heavy atom. The van der Waals surface area contributed by atoms with E-state index in [4.69, 9.17) is 0 Å². The molecule has 2 heteroatoms. The molecule has 0 saturated heterocycles. The molecule has 2 nitrogen and oxygen atoms in total. The average molecular weight is 245 g/mol. The van der Waals surface area contributed by atoms with Gasteiger partial charge in [0, 0.05) is 18.4 Å². The summed E-state index contributed by atoms with van der Waals surface area (Å²) in [5.41, 5.74) is 2.89. The second-order valence-corrected chi connectivity index (χ2v) is 5.48. The summed E-state index contributed by atoms with van der Waals surface area (Å²) in [5.74, 6) is 0.418. The second kappa shape index (κ2) is 5.23. The maximum Gasteiger partial charge on any atom is 0.133 e. The first kappa shape index (κ1) is 13.3. The summed E-state index contributed by atoms with van der Waals surface area (Å²) >= 11 is 0. The van der Waals surface area contributed by atoms with Crippen LogP contribution in [0.5, 0.6) is 0 Å². The molecule has 1 saturated carbocycles. The number of Topliss-reactive ketones (excluding diaryl/α,β-unsaturated/α-hetero) is 1. The first-order valence-electron chi connectivity index (χ1n) is 6.87. The van der Waals surface area contributed by atoms with Gasteiger partial charge in [-0.1, -0.05) is 31.2 Å². The molecule has 0 aromatic heterocycles. The Balaban J connectivity index is 2.44. The minimum absolute atomic E-state index is 0.0561. The average Bonchev–Trinajstić information content (AvgIpc) is 2.39. The van der Waals surface area contributed by atoms with E-state index >= 15 is 0 Å². The minimum atomic E-state index is 0.0561. The van der Waals surface area contributed by atoms with Gasteiger partial charge in [-0.3, -0.25) is 9.69 Å². The Morgan fingerprint density at radius 2 is 1.78 bits per heavy atom. The lowest BCUT2D eigenvalue weighted by molar-refractivity contribution is -0.122. The fourth-order valence-electron chi connectivity index (χ4n) is 3.18. The van der Waals surface area contributed by atoms with Gasteiger partial charge in [0.1, 0.15) is 5.78 Å². The number of carbonyl (C=O) groups excluding carboxylic acids is 1. The van der Waals surface area contributed by atoms with Gasteiger partial charge in [0.05, 0.1) is 0 Å². The fraction of sp³-hybridized carbons (Fsp3) is 0.562. The van der Waals surface area contributed by atoms with Crippen LogP contribution in [0.3, 0.4) is 0 Å². The fourth-order valence-corrected chi connectivity index (χ4v) is 3.18. The SMILES string of the molecule is CCc1ccccc1C1(N(C)C)CCC(=O)CC1. The van der Waals surface area contributed by atoms with Crippen LogP contribution in [-0.2, 0) is 16.8 Å². The van der Waals surface area contributed by atoms with E-state index in [0.717, 1.165) is 32.1 Å².